The average Bonchev–Trinajstić information content (AvgIpc) is 2.57. The van der Waals surface area contributed by atoms with Crippen LogP contribution in [0.5, 0.6) is 0 Å². The van der Waals surface area contributed by atoms with Gasteiger partial charge in [-0.05, 0) is 38.2 Å². The summed E-state index contributed by atoms with van der Waals surface area (Å²) in [5, 5.41) is 3.71. The summed E-state index contributed by atoms with van der Waals surface area (Å²) in [5.74, 6) is 0. The van der Waals surface area contributed by atoms with Gasteiger partial charge in [0.25, 0.3) is 0 Å². The molecular weight excluding hydrogens is 174 g/mol. The number of piperidine rings is 1. The normalized spacial score (nSPS) is 35.9. The zero-order valence-corrected chi connectivity index (χ0v) is 8.16. The molecule has 2 saturated heterocycles. The van der Waals surface area contributed by atoms with E-state index in [1.807, 2.05) is 6.07 Å². The highest BCUT2D eigenvalue weighted by Gasteiger charge is 2.43. The van der Waals surface area contributed by atoms with Gasteiger partial charge in [0.05, 0.1) is 11.2 Å². The van der Waals surface area contributed by atoms with Crippen molar-refractivity contribution in [3.8, 4) is 0 Å². The van der Waals surface area contributed by atoms with Crippen molar-refractivity contribution >= 4 is 0 Å². The molecule has 0 amide bonds. The molecule has 2 atom stereocenters. The summed E-state index contributed by atoms with van der Waals surface area (Å²) in [7, 11) is 0. The summed E-state index contributed by atoms with van der Waals surface area (Å²) in [6.07, 6.45) is 10.9. The lowest BCUT2D eigenvalue weighted by atomic mass is 9.87. The smallest absolute Gasteiger partial charge is 0.198 e. The van der Waals surface area contributed by atoms with Crippen LogP contribution in [0.15, 0.2) is 12.3 Å². The highest BCUT2D eigenvalue weighted by molar-refractivity contribution is 5.18. The monoisotopic (exact) mass is 188 g/mol. The van der Waals surface area contributed by atoms with Gasteiger partial charge in [-0.25, -0.2) is 9.97 Å². The summed E-state index contributed by atoms with van der Waals surface area (Å²) in [6.45, 7) is 0. The van der Waals surface area contributed by atoms with Gasteiger partial charge in [-0.3, -0.25) is 0 Å². The van der Waals surface area contributed by atoms with Crippen LogP contribution in [0.25, 0.3) is 0 Å². The van der Waals surface area contributed by atoms with Gasteiger partial charge in [0, 0.05) is 12.2 Å². The van der Waals surface area contributed by atoms with Crippen LogP contribution in [0.4, 0.5) is 0 Å². The van der Waals surface area contributed by atoms with Crippen LogP contribution < -0.4 is 5.32 Å². The van der Waals surface area contributed by atoms with Crippen molar-refractivity contribution in [3.63, 3.8) is 0 Å². The van der Waals surface area contributed by atoms with Gasteiger partial charge in [-0.15, -0.1) is 0 Å². The Morgan fingerprint density at radius 3 is 3.29 bits per heavy atom. The maximum atomic E-state index is 4.27. The number of nitrogens with zero attached hydrogens (tertiary/aromatic N) is 2. The maximum absolute atomic E-state index is 4.27. The van der Waals surface area contributed by atoms with Gasteiger partial charge >= 0.3 is 0 Å². The summed E-state index contributed by atoms with van der Waals surface area (Å²) >= 11 is 0. The van der Waals surface area contributed by atoms with Gasteiger partial charge < -0.3 is 5.32 Å². The number of hydrogen-bond donors (Lipinski definition) is 1. The van der Waals surface area contributed by atoms with Crippen molar-refractivity contribution in [2.24, 2.45) is 0 Å². The van der Waals surface area contributed by atoms with Crippen LogP contribution >= 0.6 is 0 Å². The van der Waals surface area contributed by atoms with Crippen LogP contribution in [0.1, 0.15) is 37.8 Å². The summed E-state index contributed by atoms with van der Waals surface area (Å²) < 4.78 is 0. The zero-order valence-electron chi connectivity index (χ0n) is 8.16. The fourth-order valence-electron chi connectivity index (χ4n) is 2.88. The Balaban J connectivity index is 1.97. The number of rotatable bonds is 1. The molecule has 3 rings (SSSR count). The molecule has 2 aliphatic heterocycles. The molecule has 14 heavy (non-hydrogen) atoms. The largest absolute Gasteiger partial charge is 0.303 e. The minimum Gasteiger partial charge on any atom is -0.303 e. The highest BCUT2D eigenvalue weighted by Crippen LogP contribution is 2.41. The average molecular weight is 188 g/mol. The molecule has 2 unspecified atom stereocenters. The third kappa shape index (κ3) is 1.16. The minimum atomic E-state index is 0.155. The molecule has 3 heteroatoms. The highest BCUT2D eigenvalue weighted by atomic mass is 15.1. The van der Waals surface area contributed by atoms with Crippen LogP contribution in [-0.2, 0) is 5.54 Å². The molecule has 2 aliphatic rings. The van der Waals surface area contributed by atoms with Crippen molar-refractivity contribution in [3.05, 3.63) is 24.3 Å². The second-order valence-electron chi connectivity index (χ2n) is 4.40. The van der Waals surface area contributed by atoms with Crippen LogP contribution in [0.3, 0.4) is 0 Å². The van der Waals surface area contributed by atoms with Crippen molar-refractivity contribution in [2.75, 3.05) is 0 Å². The van der Waals surface area contributed by atoms with E-state index in [4.69, 9.17) is 0 Å². The lowest BCUT2D eigenvalue weighted by Gasteiger charge is -2.33. The molecule has 1 aromatic rings. The van der Waals surface area contributed by atoms with Crippen molar-refractivity contribution in [1.29, 1.82) is 0 Å². The molecule has 3 nitrogen and oxygen atoms in total. The molecule has 1 radical (unpaired) electrons. The van der Waals surface area contributed by atoms with E-state index in [1.54, 1.807) is 6.20 Å². The third-order valence-corrected chi connectivity index (χ3v) is 3.58. The predicted molar refractivity (Wildman–Crippen MR) is 52.6 cm³/mol. The van der Waals surface area contributed by atoms with Crippen molar-refractivity contribution < 1.29 is 0 Å². The molecule has 3 heterocycles. The van der Waals surface area contributed by atoms with E-state index < -0.39 is 0 Å². The van der Waals surface area contributed by atoms with E-state index in [-0.39, 0.29) is 5.54 Å². The van der Waals surface area contributed by atoms with Crippen LogP contribution in [0, 0.1) is 6.33 Å². The molecule has 73 valence electrons. The van der Waals surface area contributed by atoms with Crippen molar-refractivity contribution in [2.45, 2.75) is 43.7 Å². The van der Waals surface area contributed by atoms with Gasteiger partial charge in [0.1, 0.15) is 0 Å². The van der Waals surface area contributed by atoms with E-state index in [0.717, 1.165) is 11.7 Å². The molecule has 0 aliphatic carbocycles. The van der Waals surface area contributed by atoms with Crippen LogP contribution in [-0.4, -0.2) is 16.0 Å². The topological polar surface area (TPSA) is 37.8 Å². The van der Waals surface area contributed by atoms with Crippen molar-refractivity contribution in [1.82, 2.24) is 15.3 Å². The van der Waals surface area contributed by atoms with Gasteiger partial charge in [0.2, 0.25) is 0 Å². The first-order chi connectivity index (χ1) is 6.89. The van der Waals surface area contributed by atoms with E-state index in [2.05, 4.69) is 21.6 Å². The Morgan fingerprint density at radius 2 is 2.43 bits per heavy atom. The maximum Gasteiger partial charge on any atom is 0.198 e. The summed E-state index contributed by atoms with van der Waals surface area (Å²) in [6, 6.07) is 2.75. The van der Waals surface area contributed by atoms with Crippen LogP contribution in [0.2, 0.25) is 0 Å². The molecule has 1 N–H and O–H groups in total. The second-order valence-corrected chi connectivity index (χ2v) is 4.40. The lowest BCUT2D eigenvalue weighted by Crippen LogP contribution is -2.44. The number of aromatic nitrogens is 2. The first-order valence-corrected chi connectivity index (χ1v) is 5.36. The summed E-state index contributed by atoms with van der Waals surface area (Å²) in [4.78, 5) is 8.13. The Kier molecular flexibility index (Phi) is 1.80. The number of hydrogen-bond acceptors (Lipinski definition) is 3. The van der Waals surface area contributed by atoms with Gasteiger partial charge in [0.15, 0.2) is 6.33 Å². The Morgan fingerprint density at radius 1 is 1.43 bits per heavy atom. The first kappa shape index (κ1) is 8.36. The van der Waals surface area contributed by atoms with E-state index in [9.17, 15) is 0 Å². The Labute approximate surface area is 84.0 Å². The molecule has 0 spiro atoms. The molecule has 1 aromatic heterocycles. The standard InChI is InChI=1S/C11H14N3/c1-2-9-3-6-11(5-1,14-9)10-4-7-12-8-13-10/h4,7,9,14H,1-3,5-6H2. The van der Waals surface area contributed by atoms with E-state index in [0.29, 0.717) is 0 Å². The molecule has 0 aromatic carbocycles. The second kappa shape index (κ2) is 3.02. The Bertz CT molecular complexity index is 321. The number of fused-ring (bicyclic) bond motifs is 2. The molecular formula is C11H14N3. The first-order valence-electron chi connectivity index (χ1n) is 5.36. The fraction of sp³-hybridized carbons (Fsp3) is 0.636. The predicted octanol–water partition coefficient (Wildman–Crippen LogP) is 1.41. The molecule has 2 bridgehead atoms. The molecule has 2 fully saturated rings. The Hall–Kier alpha value is -0.960. The minimum absolute atomic E-state index is 0.155. The summed E-state index contributed by atoms with van der Waals surface area (Å²) in [5.41, 5.74) is 1.29. The fourth-order valence-corrected chi connectivity index (χ4v) is 2.88. The third-order valence-electron chi connectivity index (χ3n) is 3.58. The molecule has 0 saturated carbocycles. The zero-order chi connectivity index (χ0) is 9.43. The van der Waals surface area contributed by atoms with E-state index >= 15 is 0 Å². The van der Waals surface area contributed by atoms with Gasteiger partial charge in [-0.1, -0.05) is 0 Å². The SMILES string of the molecule is [c]1nccc(C23CCCC(CC2)N3)n1. The number of nitrogens with one attached hydrogen (secondary N) is 1. The lowest BCUT2D eigenvalue weighted by molar-refractivity contribution is 0.273. The van der Waals surface area contributed by atoms with Gasteiger partial charge in [-0.2, -0.15) is 0 Å². The quantitative estimate of drug-likeness (QED) is 0.724. The van der Waals surface area contributed by atoms with E-state index in [1.165, 1.54) is 32.1 Å².